The van der Waals surface area contributed by atoms with Crippen LogP contribution in [0.3, 0.4) is 0 Å². The summed E-state index contributed by atoms with van der Waals surface area (Å²) in [7, 11) is 3.21. The summed E-state index contributed by atoms with van der Waals surface area (Å²) >= 11 is 3.49. The first-order chi connectivity index (χ1) is 10.7. The van der Waals surface area contributed by atoms with Crippen LogP contribution in [0.15, 0.2) is 47.1 Å². The van der Waals surface area contributed by atoms with Crippen LogP contribution in [0.1, 0.15) is 0 Å². The van der Waals surface area contributed by atoms with Gasteiger partial charge in [0.2, 0.25) is 5.95 Å². The zero-order valence-electron chi connectivity index (χ0n) is 12.1. The highest BCUT2D eigenvalue weighted by atomic mass is 79.9. The van der Waals surface area contributed by atoms with E-state index in [1.54, 1.807) is 20.4 Å². The van der Waals surface area contributed by atoms with E-state index in [1.807, 2.05) is 36.4 Å². The molecule has 0 radical (unpaired) electrons. The summed E-state index contributed by atoms with van der Waals surface area (Å²) in [5, 5.41) is 4.07. The van der Waals surface area contributed by atoms with Crippen molar-refractivity contribution in [3.8, 4) is 11.5 Å². The molecule has 0 saturated carbocycles. The molecule has 1 heterocycles. The molecular weight excluding hydrogens is 346 g/mol. The molecule has 0 fully saturated rings. The van der Waals surface area contributed by atoms with Gasteiger partial charge in [-0.2, -0.15) is 0 Å². The Balaban J connectivity index is 2.00. The lowest BCUT2D eigenvalue weighted by Gasteiger charge is -2.10. The van der Waals surface area contributed by atoms with Crippen LogP contribution in [0.5, 0.6) is 11.5 Å². The standard InChI is InChI=1S/C16H14BrN3O2/c1-21-14-7-10-9-18-16(20-13(10)8-15(14)22-2)19-12-6-4-3-5-11(12)17/h3-9H,1-2H3,(H,18,19,20). The van der Waals surface area contributed by atoms with Gasteiger partial charge in [0.25, 0.3) is 0 Å². The van der Waals surface area contributed by atoms with E-state index in [9.17, 15) is 0 Å². The summed E-state index contributed by atoms with van der Waals surface area (Å²) in [5.41, 5.74) is 1.68. The molecule has 0 spiro atoms. The van der Waals surface area contributed by atoms with Crippen LogP contribution in [0.2, 0.25) is 0 Å². The van der Waals surface area contributed by atoms with Crippen LogP contribution in [-0.4, -0.2) is 24.2 Å². The maximum atomic E-state index is 5.31. The number of aromatic nitrogens is 2. The van der Waals surface area contributed by atoms with Gasteiger partial charge in [0.05, 0.1) is 25.4 Å². The predicted octanol–water partition coefficient (Wildman–Crippen LogP) is 4.15. The van der Waals surface area contributed by atoms with E-state index in [0.29, 0.717) is 17.4 Å². The molecule has 0 bridgehead atoms. The molecule has 1 N–H and O–H groups in total. The monoisotopic (exact) mass is 359 g/mol. The molecule has 22 heavy (non-hydrogen) atoms. The molecule has 0 saturated heterocycles. The second-order valence-electron chi connectivity index (χ2n) is 4.56. The summed E-state index contributed by atoms with van der Waals surface area (Å²) in [6.45, 7) is 0. The number of nitrogens with one attached hydrogen (secondary N) is 1. The highest BCUT2D eigenvalue weighted by Gasteiger charge is 2.09. The zero-order chi connectivity index (χ0) is 15.5. The highest BCUT2D eigenvalue weighted by Crippen LogP contribution is 2.32. The van der Waals surface area contributed by atoms with Crippen molar-refractivity contribution in [3.63, 3.8) is 0 Å². The molecule has 112 valence electrons. The van der Waals surface area contributed by atoms with Gasteiger partial charge in [-0.3, -0.25) is 0 Å². The average Bonchev–Trinajstić information content (AvgIpc) is 2.55. The molecule has 0 amide bonds. The van der Waals surface area contributed by atoms with Crippen molar-refractivity contribution in [2.75, 3.05) is 19.5 Å². The number of hydrogen-bond donors (Lipinski definition) is 1. The van der Waals surface area contributed by atoms with E-state index >= 15 is 0 Å². The number of rotatable bonds is 4. The van der Waals surface area contributed by atoms with Gasteiger partial charge in [-0.15, -0.1) is 0 Å². The largest absolute Gasteiger partial charge is 0.493 e. The van der Waals surface area contributed by atoms with E-state index in [4.69, 9.17) is 9.47 Å². The maximum Gasteiger partial charge on any atom is 0.227 e. The Morgan fingerprint density at radius 3 is 2.50 bits per heavy atom. The summed E-state index contributed by atoms with van der Waals surface area (Å²) in [5.74, 6) is 1.82. The van der Waals surface area contributed by atoms with E-state index < -0.39 is 0 Å². The van der Waals surface area contributed by atoms with Crippen LogP contribution in [0.25, 0.3) is 10.9 Å². The third kappa shape index (κ3) is 2.82. The summed E-state index contributed by atoms with van der Waals surface area (Å²) < 4.78 is 11.5. The molecular formula is C16H14BrN3O2. The van der Waals surface area contributed by atoms with Gasteiger partial charge in [0, 0.05) is 22.1 Å². The number of anilines is 2. The van der Waals surface area contributed by atoms with Crippen LogP contribution in [0.4, 0.5) is 11.6 Å². The van der Waals surface area contributed by atoms with Crippen LogP contribution in [-0.2, 0) is 0 Å². The molecule has 3 aromatic rings. The first-order valence-corrected chi connectivity index (χ1v) is 7.41. The number of nitrogens with zero attached hydrogens (tertiary/aromatic N) is 2. The minimum absolute atomic E-state index is 0.520. The molecule has 1 aromatic heterocycles. The van der Waals surface area contributed by atoms with Crippen LogP contribution in [0, 0.1) is 0 Å². The van der Waals surface area contributed by atoms with Gasteiger partial charge in [0.15, 0.2) is 11.5 Å². The van der Waals surface area contributed by atoms with Crippen LogP contribution >= 0.6 is 15.9 Å². The molecule has 0 aliphatic heterocycles. The Labute approximate surface area is 136 Å². The van der Waals surface area contributed by atoms with Gasteiger partial charge in [-0.1, -0.05) is 12.1 Å². The zero-order valence-corrected chi connectivity index (χ0v) is 13.7. The quantitative estimate of drug-likeness (QED) is 0.757. The van der Waals surface area contributed by atoms with Crippen molar-refractivity contribution in [2.24, 2.45) is 0 Å². The van der Waals surface area contributed by atoms with Gasteiger partial charge < -0.3 is 14.8 Å². The average molecular weight is 360 g/mol. The third-order valence-corrected chi connectivity index (χ3v) is 3.90. The fourth-order valence-electron chi connectivity index (χ4n) is 2.10. The highest BCUT2D eigenvalue weighted by molar-refractivity contribution is 9.10. The normalized spacial score (nSPS) is 10.5. The van der Waals surface area contributed by atoms with Crippen molar-refractivity contribution in [2.45, 2.75) is 0 Å². The number of hydrogen-bond acceptors (Lipinski definition) is 5. The van der Waals surface area contributed by atoms with Gasteiger partial charge in [-0.25, -0.2) is 9.97 Å². The molecule has 0 atom stereocenters. The fourth-order valence-corrected chi connectivity index (χ4v) is 2.49. The summed E-state index contributed by atoms with van der Waals surface area (Å²) in [6.07, 6.45) is 1.75. The number of methoxy groups -OCH3 is 2. The van der Waals surface area contributed by atoms with Crippen molar-refractivity contribution in [3.05, 3.63) is 47.1 Å². The minimum Gasteiger partial charge on any atom is -0.493 e. The summed E-state index contributed by atoms with van der Waals surface area (Å²) in [4.78, 5) is 8.85. The van der Waals surface area contributed by atoms with E-state index in [-0.39, 0.29) is 0 Å². The number of halogens is 1. The van der Waals surface area contributed by atoms with Crippen LogP contribution < -0.4 is 14.8 Å². The topological polar surface area (TPSA) is 56.3 Å². The Kier molecular flexibility index (Phi) is 4.11. The Hall–Kier alpha value is -2.34. The molecule has 3 rings (SSSR count). The van der Waals surface area contributed by atoms with Crippen molar-refractivity contribution < 1.29 is 9.47 Å². The molecule has 5 nitrogen and oxygen atoms in total. The number of fused-ring (bicyclic) bond motifs is 1. The second-order valence-corrected chi connectivity index (χ2v) is 5.42. The van der Waals surface area contributed by atoms with E-state index in [1.165, 1.54) is 0 Å². The maximum absolute atomic E-state index is 5.31. The Morgan fingerprint density at radius 1 is 1.05 bits per heavy atom. The number of benzene rings is 2. The van der Waals surface area contributed by atoms with E-state index in [0.717, 1.165) is 21.1 Å². The van der Waals surface area contributed by atoms with E-state index in [2.05, 4.69) is 31.2 Å². The molecule has 2 aromatic carbocycles. The lowest BCUT2D eigenvalue weighted by atomic mass is 10.2. The first-order valence-electron chi connectivity index (χ1n) is 6.61. The lowest BCUT2D eigenvalue weighted by molar-refractivity contribution is 0.356. The smallest absolute Gasteiger partial charge is 0.227 e. The molecule has 6 heteroatoms. The third-order valence-electron chi connectivity index (χ3n) is 3.21. The second kappa shape index (κ2) is 6.19. The van der Waals surface area contributed by atoms with Gasteiger partial charge >= 0.3 is 0 Å². The molecule has 0 unspecified atom stereocenters. The van der Waals surface area contributed by atoms with Crippen molar-refractivity contribution >= 4 is 38.5 Å². The van der Waals surface area contributed by atoms with Crippen molar-refractivity contribution in [1.82, 2.24) is 9.97 Å². The lowest BCUT2D eigenvalue weighted by Crippen LogP contribution is -1.98. The van der Waals surface area contributed by atoms with Gasteiger partial charge in [0.1, 0.15) is 0 Å². The minimum atomic E-state index is 0.520. The van der Waals surface area contributed by atoms with Gasteiger partial charge in [-0.05, 0) is 34.1 Å². The van der Waals surface area contributed by atoms with Crippen molar-refractivity contribution in [1.29, 1.82) is 0 Å². The predicted molar refractivity (Wildman–Crippen MR) is 90.1 cm³/mol. The Bertz CT molecular complexity index is 824. The Morgan fingerprint density at radius 2 is 1.77 bits per heavy atom. The first kappa shape index (κ1) is 14.6. The number of ether oxygens (including phenoxy) is 2. The fraction of sp³-hybridized carbons (Fsp3) is 0.125. The SMILES string of the molecule is COc1cc2cnc(Nc3ccccc3Br)nc2cc1OC. The molecule has 0 aliphatic carbocycles. The summed E-state index contributed by atoms with van der Waals surface area (Å²) in [6, 6.07) is 11.5. The number of para-hydroxylation sites is 1. The molecule has 0 aliphatic rings.